The highest BCUT2D eigenvalue weighted by atomic mass is 35.5. The van der Waals surface area contributed by atoms with Gasteiger partial charge in [-0.25, -0.2) is 8.42 Å². The van der Waals surface area contributed by atoms with Gasteiger partial charge < -0.3 is 14.8 Å². The van der Waals surface area contributed by atoms with Gasteiger partial charge in [0.25, 0.3) is 0 Å². The summed E-state index contributed by atoms with van der Waals surface area (Å²) < 4.78 is 38.8. The van der Waals surface area contributed by atoms with Gasteiger partial charge in [-0.05, 0) is 37.1 Å². The molecule has 1 aliphatic carbocycles. The lowest BCUT2D eigenvalue weighted by molar-refractivity contribution is -0.121. The average molecular weight is 481 g/mol. The molecule has 0 atom stereocenters. The Labute approximate surface area is 194 Å². The minimum absolute atomic E-state index is 0.0476. The van der Waals surface area contributed by atoms with Crippen LogP contribution in [0.15, 0.2) is 47.4 Å². The first kappa shape index (κ1) is 24.4. The Morgan fingerprint density at radius 3 is 2.41 bits per heavy atom. The predicted octanol–water partition coefficient (Wildman–Crippen LogP) is 4.00. The minimum atomic E-state index is -3.93. The van der Waals surface area contributed by atoms with Crippen LogP contribution >= 0.6 is 11.6 Å². The number of hydrogen-bond donors (Lipinski definition) is 1. The van der Waals surface area contributed by atoms with Gasteiger partial charge >= 0.3 is 0 Å². The van der Waals surface area contributed by atoms with E-state index >= 15 is 0 Å². The van der Waals surface area contributed by atoms with Crippen LogP contribution < -0.4 is 14.8 Å². The van der Waals surface area contributed by atoms with E-state index in [2.05, 4.69) is 5.32 Å². The average Bonchev–Trinajstić information content (AvgIpc) is 2.81. The van der Waals surface area contributed by atoms with Crippen LogP contribution in [-0.2, 0) is 21.4 Å². The number of hydrogen-bond acceptors (Lipinski definition) is 5. The van der Waals surface area contributed by atoms with Crippen molar-refractivity contribution in [1.29, 1.82) is 0 Å². The maximum Gasteiger partial charge on any atom is 0.243 e. The molecule has 1 aliphatic rings. The first-order valence-electron chi connectivity index (χ1n) is 10.6. The van der Waals surface area contributed by atoms with Gasteiger partial charge in [-0.2, -0.15) is 4.31 Å². The van der Waals surface area contributed by atoms with Crippen LogP contribution in [0.2, 0.25) is 5.02 Å². The van der Waals surface area contributed by atoms with Crippen molar-refractivity contribution in [3.8, 4) is 11.5 Å². The van der Waals surface area contributed by atoms with Crippen molar-refractivity contribution in [2.45, 2.75) is 49.6 Å². The molecule has 0 bridgehead atoms. The number of nitrogens with zero attached hydrogens (tertiary/aromatic N) is 1. The third kappa shape index (κ3) is 5.74. The van der Waals surface area contributed by atoms with Crippen LogP contribution in [-0.4, -0.2) is 45.4 Å². The summed E-state index contributed by atoms with van der Waals surface area (Å²) in [5.74, 6) is 0.687. The zero-order chi connectivity index (χ0) is 23.1. The fourth-order valence-electron chi connectivity index (χ4n) is 3.96. The summed E-state index contributed by atoms with van der Waals surface area (Å²) in [6.07, 6.45) is 4.39. The number of rotatable bonds is 9. The van der Waals surface area contributed by atoms with Gasteiger partial charge in [-0.3, -0.25) is 4.79 Å². The van der Waals surface area contributed by atoms with Crippen molar-refractivity contribution < 1.29 is 22.7 Å². The van der Waals surface area contributed by atoms with E-state index in [0.717, 1.165) is 37.7 Å². The highest BCUT2D eigenvalue weighted by Gasteiger charge is 2.34. The molecule has 7 nitrogen and oxygen atoms in total. The predicted molar refractivity (Wildman–Crippen MR) is 124 cm³/mol. The molecule has 0 aromatic heterocycles. The van der Waals surface area contributed by atoms with Gasteiger partial charge in [0.2, 0.25) is 15.9 Å². The van der Waals surface area contributed by atoms with Crippen LogP contribution in [0.5, 0.6) is 11.5 Å². The first-order valence-corrected chi connectivity index (χ1v) is 12.4. The lowest BCUT2D eigenvalue weighted by atomic mass is 9.95. The van der Waals surface area contributed by atoms with Crippen molar-refractivity contribution in [1.82, 2.24) is 9.62 Å². The SMILES string of the molecule is COc1ccc(S(=O)(=O)N(CC(=O)NCc2ccccc2OC)C2CCCCC2)cc1Cl. The van der Waals surface area contributed by atoms with Crippen LogP contribution in [0.25, 0.3) is 0 Å². The van der Waals surface area contributed by atoms with Gasteiger partial charge in [0.05, 0.1) is 30.7 Å². The Bertz CT molecular complexity index is 1040. The third-order valence-corrected chi connectivity index (χ3v) is 7.87. The normalized spacial score (nSPS) is 14.9. The Hall–Kier alpha value is -2.29. The van der Waals surface area contributed by atoms with Crippen LogP contribution in [0, 0.1) is 0 Å². The number of amides is 1. The van der Waals surface area contributed by atoms with Crippen molar-refractivity contribution >= 4 is 27.5 Å². The molecule has 0 unspecified atom stereocenters. The van der Waals surface area contributed by atoms with E-state index in [1.807, 2.05) is 24.3 Å². The number of para-hydroxylation sites is 1. The van der Waals surface area contributed by atoms with Crippen molar-refractivity contribution in [2.24, 2.45) is 0 Å². The van der Waals surface area contributed by atoms with E-state index in [0.29, 0.717) is 11.5 Å². The van der Waals surface area contributed by atoms with Crippen LogP contribution in [0.3, 0.4) is 0 Å². The summed E-state index contributed by atoms with van der Waals surface area (Å²) in [6.45, 7) is -0.0123. The molecule has 0 heterocycles. The molecule has 0 spiro atoms. The van der Waals surface area contributed by atoms with Gasteiger partial charge in [-0.1, -0.05) is 49.1 Å². The van der Waals surface area contributed by atoms with Crippen LogP contribution in [0.4, 0.5) is 0 Å². The van der Waals surface area contributed by atoms with Gasteiger partial charge in [0.15, 0.2) is 0 Å². The number of carbonyl (C=O) groups excluding carboxylic acids is 1. The number of ether oxygens (including phenoxy) is 2. The molecule has 1 fully saturated rings. The summed E-state index contributed by atoms with van der Waals surface area (Å²) in [4.78, 5) is 12.9. The Kier molecular flexibility index (Phi) is 8.39. The van der Waals surface area contributed by atoms with Gasteiger partial charge in [-0.15, -0.1) is 0 Å². The van der Waals surface area contributed by atoms with Gasteiger partial charge in [0.1, 0.15) is 11.5 Å². The molecular weight excluding hydrogens is 452 g/mol. The van der Waals surface area contributed by atoms with Gasteiger partial charge in [0, 0.05) is 18.2 Å². The molecule has 0 aliphatic heterocycles. The fraction of sp³-hybridized carbons (Fsp3) is 0.435. The molecule has 2 aromatic carbocycles. The van der Waals surface area contributed by atoms with Crippen molar-refractivity contribution in [2.75, 3.05) is 20.8 Å². The summed E-state index contributed by atoms with van der Waals surface area (Å²) >= 11 is 6.18. The molecule has 32 heavy (non-hydrogen) atoms. The zero-order valence-electron chi connectivity index (χ0n) is 18.3. The highest BCUT2D eigenvalue weighted by Crippen LogP contribution is 2.31. The topological polar surface area (TPSA) is 84.9 Å². The number of sulfonamides is 1. The number of nitrogens with one attached hydrogen (secondary N) is 1. The maximum absolute atomic E-state index is 13.5. The summed E-state index contributed by atoms with van der Waals surface area (Å²) in [7, 11) is -0.896. The summed E-state index contributed by atoms with van der Waals surface area (Å²) in [5, 5.41) is 3.03. The lowest BCUT2D eigenvalue weighted by Gasteiger charge is -2.33. The van der Waals surface area contributed by atoms with Crippen LogP contribution in [0.1, 0.15) is 37.7 Å². The summed E-state index contributed by atoms with van der Waals surface area (Å²) in [5.41, 5.74) is 0.817. The zero-order valence-corrected chi connectivity index (χ0v) is 19.9. The maximum atomic E-state index is 13.5. The largest absolute Gasteiger partial charge is 0.496 e. The Morgan fingerprint density at radius 1 is 1.06 bits per heavy atom. The fourth-order valence-corrected chi connectivity index (χ4v) is 5.95. The molecule has 3 rings (SSSR count). The molecule has 9 heteroatoms. The standard InChI is InChI=1S/C23H29ClN2O5S/c1-30-21-11-7-6-8-17(21)15-25-23(27)16-26(18-9-4-3-5-10-18)32(28,29)19-12-13-22(31-2)20(24)14-19/h6-8,11-14,18H,3-5,9-10,15-16H2,1-2H3,(H,25,27). The Balaban J connectivity index is 1.81. The minimum Gasteiger partial charge on any atom is -0.496 e. The van der Waals surface area contributed by atoms with E-state index in [4.69, 9.17) is 21.1 Å². The number of halogens is 1. The smallest absolute Gasteiger partial charge is 0.243 e. The molecule has 1 N–H and O–H groups in total. The monoisotopic (exact) mass is 480 g/mol. The van der Waals surface area contributed by atoms with Crippen molar-refractivity contribution in [3.63, 3.8) is 0 Å². The summed E-state index contributed by atoms with van der Waals surface area (Å²) in [6, 6.07) is 11.5. The molecule has 1 saturated carbocycles. The first-order chi connectivity index (χ1) is 15.4. The molecule has 0 radical (unpaired) electrons. The van der Waals surface area contributed by atoms with E-state index < -0.39 is 10.0 Å². The van der Waals surface area contributed by atoms with E-state index in [-0.39, 0.29) is 35.0 Å². The third-order valence-electron chi connectivity index (χ3n) is 5.68. The Morgan fingerprint density at radius 2 is 1.75 bits per heavy atom. The second kappa shape index (κ2) is 11.0. The number of carbonyl (C=O) groups is 1. The lowest BCUT2D eigenvalue weighted by Crippen LogP contribution is -2.46. The van der Waals surface area contributed by atoms with E-state index in [1.54, 1.807) is 7.11 Å². The number of benzene rings is 2. The molecule has 1 amide bonds. The second-order valence-electron chi connectivity index (χ2n) is 7.73. The number of methoxy groups -OCH3 is 2. The highest BCUT2D eigenvalue weighted by molar-refractivity contribution is 7.89. The molecule has 174 valence electrons. The van der Waals surface area contributed by atoms with Crippen molar-refractivity contribution in [3.05, 3.63) is 53.1 Å². The molecule has 0 saturated heterocycles. The molecular formula is C23H29ClN2O5S. The second-order valence-corrected chi connectivity index (χ2v) is 10.0. The molecule has 2 aromatic rings. The van der Waals surface area contributed by atoms with E-state index in [9.17, 15) is 13.2 Å². The quantitative estimate of drug-likeness (QED) is 0.586. The van der Waals surface area contributed by atoms with E-state index in [1.165, 1.54) is 29.6 Å².